The van der Waals surface area contributed by atoms with Gasteiger partial charge in [-0.2, -0.15) is 4.98 Å². The van der Waals surface area contributed by atoms with Crippen LogP contribution in [0.1, 0.15) is 117 Å². The standard InChI is InChI=1S/C60H82N10O8/c1-12-60(7,8)70-35-42(43-22-17-18-23-48(43)70)33-47-57(76)68(10)50(28-36(2)3)54(73)63-46(32-40-25-26-44-41(30-40)34-61-59(66-44)78-11)52(71)62-38(6)56(75)67(9)49-24-14-13-19-27-69(58(49)77)51(29-37(4)5)55(74)64-45(53(72)65-47)31-39-20-15-16-21-39/h12-14,17-18,22-23,25-26,30,34-39,45-47,49-51H,1,15-16,19-21,24,27-29,31-33H2,2-11H3,(H,62,71)(H,63,73)(H,64,74)(H,65,72)/b14-13-/t38-,45-,46-,47-,49-,50-,51-/m0/s1. The molecule has 4 N–H and O–H groups in total. The number of amides is 7. The quantitative estimate of drug-likeness (QED) is 0.112. The van der Waals surface area contributed by atoms with Gasteiger partial charge in [0, 0.05) is 62.2 Å². The average Bonchev–Trinajstić information content (AvgIpc) is 4.10. The number of carbonyl (C=O) groups is 7. The summed E-state index contributed by atoms with van der Waals surface area (Å²) >= 11 is 0. The van der Waals surface area contributed by atoms with Crippen molar-refractivity contribution in [3.63, 3.8) is 0 Å². The molecule has 0 spiro atoms. The number of ether oxygens (including phenoxy) is 1. The number of fused-ring (bicyclic) bond motifs is 4. The van der Waals surface area contributed by atoms with Gasteiger partial charge in [-0.15, -0.1) is 6.58 Å². The van der Waals surface area contributed by atoms with Crippen LogP contribution in [0.4, 0.5) is 0 Å². The highest BCUT2D eigenvalue weighted by Crippen LogP contribution is 2.32. The number of nitrogens with zero attached hydrogens (tertiary/aromatic N) is 6. The number of benzene rings is 2. The summed E-state index contributed by atoms with van der Waals surface area (Å²) in [7, 11) is 4.52. The third kappa shape index (κ3) is 13.8. The average molecular weight is 1070 g/mol. The lowest BCUT2D eigenvalue weighted by atomic mass is 9.95. The van der Waals surface area contributed by atoms with Crippen molar-refractivity contribution >= 4 is 63.2 Å². The van der Waals surface area contributed by atoms with Crippen molar-refractivity contribution in [2.75, 3.05) is 27.7 Å². The minimum atomic E-state index is -1.27. The van der Waals surface area contributed by atoms with E-state index < -0.39 is 89.2 Å². The summed E-state index contributed by atoms with van der Waals surface area (Å²) in [6, 6.07) is 5.38. The minimum absolute atomic E-state index is 0.0188. The normalized spacial score (nSPS) is 24.6. The fraction of sp³-hybridized carbons (Fsp3) is 0.550. The smallest absolute Gasteiger partial charge is 0.316 e. The Hall–Kier alpha value is -7.11. The SMILES string of the molecule is C=CC(C)(C)n1cc(C[C@@H]2NC(=O)[C@H](CC3CCCC3)NC(=O)[C@H](CC(C)C)N3CC/C=C\C[C@@H](C3=O)N(C)C(=O)[C@H](C)NC(=O)[C@H](Cc3ccc4nc(OC)ncc4c3)NC(=O)[C@H](CC(C)C)N(C)C2=O)c2ccccc21. The highest BCUT2D eigenvalue weighted by Gasteiger charge is 2.42. The highest BCUT2D eigenvalue weighted by atomic mass is 16.5. The second kappa shape index (κ2) is 25.6. The molecule has 2 aromatic heterocycles. The molecule has 7 rings (SSSR count). The fourth-order valence-corrected chi connectivity index (χ4v) is 11.3. The van der Waals surface area contributed by atoms with E-state index in [1.807, 2.05) is 96.3 Å². The van der Waals surface area contributed by atoms with Crippen LogP contribution in [0.5, 0.6) is 6.01 Å². The van der Waals surface area contributed by atoms with Crippen LogP contribution in [0.2, 0.25) is 0 Å². The van der Waals surface area contributed by atoms with Gasteiger partial charge in [0.25, 0.3) is 0 Å². The van der Waals surface area contributed by atoms with Crippen LogP contribution in [-0.4, -0.2) is 141 Å². The predicted molar refractivity (Wildman–Crippen MR) is 301 cm³/mol. The summed E-state index contributed by atoms with van der Waals surface area (Å²) in [5.74, 6) is -4.00. The Morgan fingerprint density at radius 2 is 1.42 bits per heavy atom. The summed E-state index contributed by atoms with van der Waals surface area (Å²) in [4.78, 5) is 118. The van der Waals surface area contributed by atoms with Crippen LogP contribution < -0.4 is 26.0 Å². The van der Waals surface area contributed by atoms with Crippen molar-refractivity contribution in [2.45, 2.75) is 167 Å². The number of likely N-dealkylation sites (N-methyl/N-ethyl adjacent to an activating group) is 2. The molecule has 1 saturated heterocycles. The number of hydrogen-bond acceptors (Lipinski definition) is 10. The number of hydrogen-bond donors (Lipinski definition) is 4. The molecule has 0 radical (unpaired) electrons. The van der Waals surface area contributed by atoms with Gasteiger partial charge in [-0.3, -0.25) is 33.6 Å². The minimum Gasteiger partial charge on any atom is -0.467 e. The van der Waals surface area contributed by atoms with Crippen LogP contribution in [0.3, 0.4) is 0 Å². The van der Waals surface area contributed by atoms with Gasteiger partial charge in [0.1, 0.15) is 42.3 Å². The Bertz CT molecular complexity index is 2890. The topological polar surface area (TPSA) is 217 Å². The maximum atomic E-state index is 15.6. The molecule has 18 heteroatoms. The monoisotopic (exact) mass is 1070 g/mol. The molecule has 7 atom stereocenters. The molecular weight excluding hydrogens is 989 g/mol. The number of carbonyl (C=O) groups excluding carboxylic acids is 7. The van der Waals surface area contributed by atoms with E-state index in [1.54, 1.807) is 18.3 Å². The lowest BCUT2D eigenvalue weighted by Crippen LogP contribution is -2.61. The van der Waals surface area contributed by atoms with Crippen molar-refractivity contribution in [3.8, 4) is 6.01 Å². The zero-order valence-corrected chi connectivity index (χ0v) is 47.3. The molecule has 4 aromatic rings. The zero-order valence-electron chi connectivity index (χ0n) is 47.3. The van der Waals surface area contributed by atoms with Gasteiger partial charge in [-0.25, -0.2) is 4.98 Å². The molecule has 3 aliphatic rings. The Morgan fingerprint density at radius 3 is 2.12 bits per heavy atom. The maximum absolute atomic E-state index is 15.6. The van der Waals surface area contributed by atoms with E-state index in [4.69, 9.17) is 4.74 Å². The van der Waals surface area contributed by atoms with Crippen molar-refractivity contribution in [3.05, 3.63) is 90.8 Å². The fourth-order valence-electron chi connectivity index (χ4n) is 11.3. The van der Waals surface area contributed by atoms with Crippen molar-refractivity contribution < 1.29 is 38.3 Å². The van der Waals surface area contributed by atoms with E-state index in [0.717, 1.165) is 42.1 Å². The van der Waals surface area contributed by atoms with E-state index in [0.29, 0.717) is 29.3 Å². The van der Waals surface area contributed by atoms with Crippen LogP contribution in [-0.2, 0) is 51.9 Å². The Kier molecular flexibility index (Phi) is 19.2. The van der Waals surface area contributed by atoms with Crippen molar-refractivity contribution in [1.82, 2.24) is 50.5 Å². The van der Waals surface area contributed by atoms with Crippen molar-refractivity contribution in [1.29, 1.82) is 0 Å². The van der Waals surface area contributed by atoms with Gasteiger partial charge in [0.2, 0.25) is 41.4 Å². The molecule has 7 amide bonds. The van der Waals surface area contributed by atoms with E-state index in [9.17, 15) is 9.59 Å². The van der Waals surface area contributed by atoms with Gasteiger partial charge in [-0.1, -0.05) is 95.9 Å². The second-order valence-electron chi connectivity index (χ2n) is 23.1. The molecule has 2 aromatic carbocycles. The molecular formula is C60H82N10O8. The van der Waals surface area contributed by atoms with Crippen LogP contribution >= 0.6 is 0 Å². The van der Waals surface area contributed by atoms with Gasteiger partial charge < -0.3 is 45.3 Å². The summed E-state index contributed by atoms with van der Waals surface area (Å²) in [6.07, 6.45) is 14.3. The third-order valence-electron chi connectivity index (χ3n) is 15.9. The summed E-state index contributed by atoms with van der Waals surface area (Å²) in [5.41, 5.74) is 2.36. The van der Waals surface area contributed by atoms with E-state index in [-0.39, 0.29) is 62.4 Å². The van der Waals surface area contributed by atoms with Crippen LogP contribution in [0.15, 0.2) is 79.7 Å². The first-order valence-corrected chi connectivity index (χ1v) is 27.8. The number of aromatic nitrogens is 3. The van der Waals surface area contributed by atoms with E-state index >= 15 is 24.0 Å². The molecule has 2 fully saturated rings. The molecule has 0 unspecified atom stereocenters. The molecule has 78 heavy (non-hydrogen) atoms. The first-order valence-electron chi connectivity index (χ1n) is 27.8. The first-order chi connectivity index (χ1) is 37.1. The van der Waals surface area contributed by atoms with E-state index in [2.05, 4.69) is 42.4 Å². The number of methoxy groups -OCH3 is 1. The highest BCUT2D eigenvalue weighted by molar-refractivity contribution is 5.99. The summed E-state index contributed by atoms with van der Waals surface area (Å²) in [6.45, 7) is 17.7. The molecule has 18 nitrogen and oxygen atoms in total. The zero-order chi connectivity index (χ0) is 56.6. The van der Waals surface area contributed by atoms with Crippen LogP contribution in [0, 0.1) is 17.8 Å². The largest absolute Gasteiger partial charge is 0.467 e. The van der Waals surface area contributed by atoms with Gasteiger partial charge in [-0.05, 0) is 100.0 Å². The lowest BCUT2D eigenvalue weighted by molar-refractivity contribution is -0.150. The third-order valence-corrected chi connectivity index (χ3v) is 15.9. The number of nitrogens with one attached hydrogen (secondary N) is 4. The van der Waals surface area contributed by atoms with Gasteiger partial charge >= 0.3 is 6.01 Å². The summed E-state index contributed by atoms with van der Waals surface area (Å²) in [5, 5.41) is 13.6. The molecule has 2 aliphatic heterocycles. The second-order valence-corrected chi connectivity index (χ2v) is 23.1. The Morgan fingerprint density at radius 1 is 0.769 bits per heavy atom. The number of allylic oxidation sites excluding steroid dienone is 1. The van der Waals surface area contributed by atoms with Gasteiger partial charge in [0.15, 0.2) is 0 Å². The Balaban J connectivity index is 1.36. The molecule has 420 valence electrons. The molecule has 1 saturated carbocycles. The summed E-state index contributed by atoms with van der Waals surface area (Å²) < 4.78 is 7.32. The molecule has 1 aliphatic carbocycles. The lowest BCUT2D eigenvalue weighted by Gasteiger charge is -2.39. The number of para-hydroxylation sites is 1. The van der Waals surface area contributed by atoms with Crippen LogP contribution in [0.25, 0.3) is 21.8 Å². The first kappa shape index (κ1) is 58.6. The van der Waals surface area contributed by atoms with E-state index in [1.165, 1.54) is 42.8 Å². The maximum Gasteiger partial charge on any atom is 0.316 e. The molecule has 2 bridgehead atoms. The predicted octanol–water partition coefficient (Wildman–Crippen LogP) is 6.15. The number of rotatable bonds is 13. The van der Waals surface area contributed by atoms with Crippen molar-refractivity contribution in [2.24, 2.45) is 17.8 Å². The molecule has 4 heterocycles. The van der Waals surface area contributed by atoms with Gasteiger partial charge in [0.05, 0.1) is 18.2 Å². The Labute approximate surface area is 459 Å².